The zero-order chi connectivity index (χ0) is 11.4. The highest BCUT2D eigenvalue weighted by Gasteiger charge is 2.24. The van der Waals surface area contributed by atoms with Crippen LogP contribution in [0.25, 0.3) is 0 Å². The number of nitrogens with zero attached hydrogens (tertiary/aromatic N) is 2. The number of rotatable bonds is 5. The Kier molecular flexibility index (Phi) is 4.18. The molecule has 0 radical (unpaired) electrons. The molecule has 4 heteroatoms. The lowest BCUT2D eigenvalue weighted by Crippen LogP contribution is -2.50. The van der Waals surface area contributed by atoms with Crippen LogP contribution in [-0.4, -0.2) is 61.0 Å². The highest BCUT2D eigenvalue weighted by molar-refractivity contribution is 5.78. The van der Waals surface area contributed by atoms with E-state index >= 15 is 0 Å². The van der Waals surface area contributed by atoms with Gasteiger partial charge in [0.1, 0.15) is 0 Å². The van der Waals surface area contributed by atoms with Crippen LogP contribution in [0, 0.1) is 0 Å². The quantitative estimate of drug-likeness (QED) is 0.730. The van der Waals surface area contributed by atoms with Crippen molar-refractivity contribution in [2.24, 2.45) is 0 Å². The molecule has 0 spiro atoms. The van der Waals surface area contributed by atoms with E-state index in [-0.39, 0.29) is 5.91 Å². The molecule has 0 aromatic rings. The molecule has 1 N–H and O–H groups in total. The van der Waals surface area contributed by atoms with Gasteiger partial charge in [0, 0.05) is 32.2 Å². The van der Waals surface area contributed by atoms with Gasteiger partial charge in [0.25, 0.3) is 0 Å². The zero-order valence-corrected chi connectivity index (χ0v) is 10.2. The van der Waals surface area contributed by atoms with Crippen molar-refractivity contribution in [1.29, 1.82) is 0 Å². The molecule has 2 rings (SSSR count). The molecule has 1 aliphatic heterocycles. The van der Waals surface area contributed by atoms with Gasteiger partial charge in [0.2, 0.25) is 5.91 Å². The number of hydrogen-bond donors (Lipinski definition) is 1. The van der Waals surface area contributed by atoms with Crippen LogP contribution in [0.2, 0.25) is 0 Å². The minimum absolute atomic E-state index is 0.281. The minimum Gasteiger partial charge on any atom is -0.339 e. The summed E-state index contributed by atoms with van der Waals surface area (Å²) in [6.45, 7) is 7.82. The van der Waals surface area contributed by atoms with E-state index in [4.69, 9.17) is 0 Å². The number of piperazine rings is 1. The fourth-order valence-electron chi connectivity index (χ4n) is 2.17. The summed E-state index contributed by atoms with van der Waals surface area (Å²) in [4.78, 5) is 16.3. The van der Waals surface area contributed by atoms with Crippen LogP contribution in [0.1, 0.15) is 26.2 Å². The lowest BCUT2D eigenvalue weighted by Gasteiger charge is -2.34. The van der Waals surface area contributed by atoms with Crippen molar-refractivity contribution in [2.75, 3.05) is 39.3 Å². The fraction of sp³-hybridized carbons (Fsp3) is 0.917. The van der Waals surface area contributed by atoms with Crippen molar-refractivity contribution in [3.05, 3.63) is 0 Å². The van der Waals surface area contributed by atoms with Gasteiger partial charge >= 0.3 is 0 Å². The molecule has 1 saturated carbocycles. The number of nitrogens with one attached hydrogen (secondary N) is 1. The summed E-state index contributed by atoms with van der Waals surface area (Å²) >= 11 is 0. The first-order chi connectivity index (χ1) is 7.79. The molecule has 2 fully saturated rings. The lowest BCUT2D eigenvalue weighted by molar-refractivity contribution is -0.132. The molecule has 0 atom stereocenters. The van der Waals surface area contributed by atoms with Crippen molar-refractivity contribution in [3.63, 3.8) is 0 Å². The topological polar surface area (TPSA) is 35.6 Å². The van der Waals surface area contributed by atoms with Crippen molar-refractivity contribution in [3.8, 4) is 0 Å². The van der Waals surface area contributed by atoms with Gasteiger partial charge in [0.15, 0.2) is 0 Å². The Labute approximate surface area is 98.0 Å². The van der Waals surface area contributed by atoms with E-state index in [9.17, 15) is 4.79 Å². The van der Waals surface area contributed by atoms with Crippen molar-refractivity contribution in [1.82, 2.24) is 15.1 Å². The lowest BCUT2D eigenvalue weighted by atomic mass is 10.3. The predicted molar refractivity (Wildman–Crippen MR) is 64.3 cm³/mol. The van der Waals surface area contributed by atoms with E-state index in [2.05, 4.69) is 17.1 Å². The predicted octanol–water partition coefficient (Wildman–Crippen LogP) is 0.293. The minimum atomic E-state index is 0.281. The maximum atomic E-state index is 11.8. The normalized spacial score (nSPS) is 22.4. The van der Waals surface area contributed by atoms with Crippen LogP contribution in [0.3, 0.4) is 0 Å². The van der Waals surface area contributed by atoms with Crippen molar-refractivity contribution in [2.45, 2.75) is 32.2 Å². The van der Waals surface area contributed by atoms with E-state index in [0.717, 1.165) is 26.2 Å². The van der Waals surface area contributed by atoms with Crippen LogP contribution >= 0.6 is 0 Å². The Morgan fingerprint density at radius 3 is 2.50 bits per heavy atom. The van der Waals surface area contributed by atoms with Crippen molar-refractivity contribution < 1.29 is 4.79 Å². The van der Waals surface area contributed by atoms with Gasteiger partial charge in [-0.25, -0.2) is 0 Å². The van der Waals surface area contributed by atoms with Gasteiger partial charge in [0.05, 0.1) is 6.54 Å². The standard InChI is InChI=1S/C12H23N3O/c1-2-5-14-6-8-15(9-7-14)12(16)10-13-11-3-4-11/h11,13H,2-10H2,1H3. The molecule has 2 aliphatic rings. The third kappa shape index (κ3) is 3.46. The molecule has 16 heavy (non-hydrogen) atoms. The van der Waals surface area contributed by atoms with E-state index in [1.54, 1.807) is 0 Å². The molecular formula is C12H23N3O. The maximum Gasteiger partial charge on any atom is 0.236 e. The molecule has 1 aliphatic carbocycles. The number of amides is 1. The summed E-state index contributed by atoms with van der Waals surface area (Å²) in [6.07, 6.45) is 3.70. The van der Waals surface area contributed by atoms with Gasteiger partial charge in [-0.2, -0.15) is 0 Å². The van der Waals surface area contributed by atoms with E-state index < -0.39 is 0 Å². The molecule has 0 aromatic heterocycles. The summed E-state index contributed by atoms with van der Waals surface area (Å²) < 4.78 is 0. The van der Waals surface area contributed by atoms with Crippen LogP contribution in [0.15, 0.2) is 0 Å². The molecule has 4 nitrogen and oxygen atoms in total. The molecule has 1 amide bonds. The third-order valence-corrected chi connectivity index (χ3v) is 3.38. The Bertz CT molecular complexity index is 232. The molecule has 92 valence electrons. The molecule has 1 saturated heterocycles. The molecule has 0 aromatic carbocycles. The summed E-state index contributed by atoms with van der Waals surface area (Å²) in [5, 5.41) is 3.29. The Morgan fingerprint density at radius 1 is 1.25 bits per heavy atom. The number of hydrogen-bond acceptors (Lipinski definition) is 3. The zero-order valence-electron chi connectivity index (χ0n) is 10.2. The molecular weight excluding hydrogens is 202 g/mol. The number of carbonyl (C=O) groups excluding carboxylic acids is 1. The highest BCUT2D eigenvalue weighted by Crippen LogP contribution is 2.18. The van der Waals surface area contributed by atoms with Crippen LogP contribution < -0.4 is 5.32 Å². The second-order valence-corrected chi connectivity index (χ2v) is 4.88. The van der Waals surface area contributed by atoms with Crippen LogP contribution in [0.4, 0.5) is 0 Å². The molecule has 0 bridgehead atoms. The maximum absolute atomic E-state index is 11.8. The fourth-order valence-corrected chi connectivity index (χ4v) is 2.17. The summed E-state index contributed by atoms with van der Waals surface area (Å²) in [5.41, 5.74) is 0. The van der Waals surface area contributed by atoms with Gasteiger partial charge in [-0.05, 0) is 25.8 Å². The first-order valence-corrected chi connectivity index (χ1v) is 6.53. The SMILES string of the molecule is CCCN1CCN(C(=O)CNC2CC2)CC1. The Balaban J connectivity index is 1.64. The Morgan fingerprint density at radius 2 is 1.94 bits per heavy atom. The van der Waals surface area contributed by atoms with Gasteiger partial charge in [-0.1, -0.05) is 6.92 Å². The van der Waals surface area contributed by atoms with E-state index in [1.807, 2.05) is 4.90 Å². The molecule has 0 unspecified atom stereocenters. The van der Waals surface area contributed by atoms with Crippen molar-refractivity contribution >= 4 is 5.91 Å². The summed E-state index contributed by atoms with van der Waals surface area (Å²) in [5.74, 6) is 0.281. The monoisotopic (exact) mass is 225 g/mol. The smallest absolute Gasteiger partial charge is 0.236 e. The summed E-state index contributed by atoms with van der Waals surface area (Å²) in [6, 6.07) is 0.630. The van der Waals surface area contributed by atoms with E-state index in [0.29, 0.717) is 12.6 Å². The largest absolute Gasteiger partial charge is 0.339 e. The second kappa shape index (κ2) is 5.64. The first kappa shape index (κ1) is 11.9. The van der Waals surface area contributed by atoms with Gasteiger partial charge in [-0.15, -0.1) is 0 Å². The number of carbonyl (C=O) groups is 1. The average Bonchev–Trinajstić information content (AvgIpc) is 3.11. The highest BCUT2D eigenvalue weighted by atomic mass is 16.2. The summed E-state index contributed by atoms with van der Waals surface area (Å²) in [7, 11) is 0. The van der Waals surface area contributed by atoms with Gasteiger partial charge < -0.3 is 10.2 Å². The Hall–Kier alpha value is -0.610. The first-order valence-electron chi connectivity index (χ1n) is 6.53. The van der Waals surface area contributed by atoms with Crippen LogP contribution in [-0.2, 0) is 4.79 Å². The second-order valence-electron chi connectivity index (χ2n) is 4.88. The van der Waals surface area contributed by atoms with Gasteiger partial charge in [-0.3, -0.25) is 9.69 Å². The van der Waals surface area contributed by atoms with E-state index in [1.165, 1.54) is 25.8 Å². The average molecular weight is 225 g/mol. The third-order valence-electron chi connectivity index (χ3n) is 3.38. The van der Waals surface area contributed by atoms with Crippen LogP contribution in [0.5, 0.6) is 0 Å². The molecule has 1 heterocycles.